The van der Waals surface area contributed by atoms with Gasteiger partial charge in [0.1, 0.15) is 11.6 Å². The maximum absolute atomic E-state index is 10.2. The van der Waals surface area contributed by atoms with Crippen LogP contribution in [0.3, 0.4) is 0 Å². The predicted molar refractivity (Wildman–Crippen MR) is 49.8 cm³/mol. The molecule has 0 saturated heterocycles. The molecule has 0 heterocycles. The number of carbonyl (C=O) groups is 4. The van der Waals surface area contributed by atoms with Gasteiger partial charge in [0.25, 0.3) is 0 Å². The Hall–Kier alpha value is -1.01. The minimum absolute atomic E-state index is 0. The zero-order chi connectivity index (χ0) is 13.1. The van der Waals surface area contributed by atoms with Gasteiger partial charge < -0.3 is 19.8 Å². The van der Waals surface area contributed by atoms with Crippen LogP contribution in [0.2, 0.25) is 0 Å². The topological polar surface area (TPSA) is 114 Å². The minimum Gasteiger partial charge on any atom is -0.550 e. The Kier molecular flexibility index (Phi) is 16.4. The molecule has 0 fully saturated rings. The number of carbonyl (C=O) groups excluding carboxylic acids is 4. The second-order valence-corrected chi connectivity index (χ2v) is 2.88. The standard InChI is InChI=1S/2C5H8O3.Ti/c2*1-2-4(6)3-5(7)8;/h2*2-3H2,1H3,(H,7,8);/q;;+2/p-2. The summed E-state index contributed by atoms with van der Waals surface area (Å²) in [6.45, 7) is 3.23. The van der Waals surface area contributed by atoms with Crippen LogP contribution in [-0.4, -0.2) is 23.5 Å². The van der Waals surface area contributed by atoms with E-state index in [1.165, 1.54) is 0 Å². The van der Waals surface area contributed by atoms with Gasteiger partial charge in [-0.25, -0.2) is 0 Å². The zero-order valence-electron chi connectivity index (χ0n) is 9.78. The number of rotatable bonds is 6. The van der Waals surface area contributed by atoms with Crippen LogP contribution in [-0.2, 0) is 40.9 Å². The molecule has 6 nitrogen and oxygen atoms in total. The van der Waals surface area contributed by atoms with Crippen molar-refractivity contribution >= 4 is 23.5 Å². The van der Waals surface area contributed by atoms with E-state index in [0.717, 1.165) is 0 Å². The fraction of sp³-hybridized carbons (Fsp3) is 0.600. The summed E-state index contributed by atoms with van der Waals surface area (Å²) in [5.41, 5.74) is 0. The summed E-state index contributed by atoms with van der Waals surface area (Å²) in [7, 11) is 0. The van der Waals surface area contributed by atoms with E-state index in [9.17, 15) is 29.4 Å². The van der Waals surface area contributed by atoms with Gasteiger partial charge in [-0.15, -0.1) is 0 Å². The molecule has 0 saturated carbocycles. The molecule has 0 bridgehead atoms. The van der Waals surface area contributed by atoms with Crippen LogP contribution in [0.25, 0.3) is 0 Å². The van der Waals surface area contributed by atoms with Gasteiger partial charge in [0.2, 0.25) is 0 Å². The van der Waals surface area contributed by atoms with E-state index in [4.69, 9.17) is 0 Å². The molecule has 17 heavy (non-hydrogen) atoms. The summed E-state index contributed by atoms with van der Waals surface area (Å²) in [6.07, 6.45) is -0.352. The molecule has 0 amide bonds. The summed E-state index contributed by atoms with van der Waals surface area (Å²) >= 11 is 0. The molecule has 0 atom stereocenters. The van der Waals surface area contributed by atoms with Crippen LogP contribution in [0.5, 0.6) is 0 Å². The van der Waals surface area contributed by atoms with E-state index < -0.39 is 24.8 Å². The molecule has 94 valence electrons. The molecule has 0 unspecified atom stereocenters. The first kappa shape index (κ1) is 21.3. The van der Waals surface area contributed by atoms with Crippen LogP contribution < -0.4 is 10.2 Å². The number of Topliss-reactive ketones (excluding diaryl/α,β-unsaturated/α-hetero) is 2. The zero-order valence-corrected chi connectivity index (χ0v) is 11.3. The Morgan fingerprint density at radius 1 is 0.765 bits per heavy atom. The number of hydrogen-bond donors (Lipinski definition) is 0. The summed E-state index contributed by atoms with van der Waals surface area (Å²) in [4.78, 5) is 39.7. The first-order valence-electron chi connectivity index (χ1n) is 4.76. The first-order valence-corrected chi connectivity index (χ1v) is 4.76. The average molecular weight is 278 g/mol. The normalized spacial score (nSPS) is 8.12. The molecule has 0 radical (unpaired) electrons. The monoisotopic (exact) mass is 278 g/mol. The fourth-order valence-electron chi connectivity index (χ4n) is 0.572. The number of carboxylic acid groups (broad SMARTS) is 2. The summed E-state index contributed by atoms with van der Waals surface area (Å²) in [5.74, 6) is -3.16. The van der Waals surface area contributed by atoms with Crippen molar-refractivity contribution in [2.24, 2.45) is 0 Å². The van der Waals surface area contributed by atoms with Crippen LogP contribution in [0.4, 0.5) is 0 Å². The van der Waals surface area contributed by atoms with E-state index in [1.54, 1.807) is 13.8 Å². The quantitative estimate of drug-likeness (QED) is 0.418. The maximum atomic E-state index is 10.2. The first-order chi connectivity index (χ1) is 7.33. The van der Waals surface area contributed by atoms with Crippen LogP contribution in [0.1, 0.15) is 39.5 Å². The molecule has 0 aromatic carbocycles. The van der Waals surface area contributed by atoms with Crippen molar-refractivity contribution in [1.29, 1.82) is 0 Å². The molecule has 0 rings (SSSR count). The smallest absolute Gasteiger partial charge is 0.550 e. The summed E-state index contributed by atoms with van der Waals surface area (Å²) in [6, 6.07) is 0. The Balaban J connectivity index is -0.000000218. The molecule has 0 aromatic rings. The number of hydrogen-bond acceptors (Lipinski definition) is 6. The van der Waals surface area contributed by atoms with Crippen molar-refractivity contribution in [1.82, 2.24) is 0 Å². The van der Waals surface area contributed by atoms with Crippen molar-refractivity contribution in [2.45, 2.75) is 39.5 Å². The largest absolute Gasteiger partial charge is 2.00 e. The molecule has 0 N–H and O–H groups in total. The Bertz CT molecular complexity index is 246. The molecule has 0 aliphatic rings. The Morgan fingerprint density at radius 2 is 1.00 bits per heavy atom. The van der Waals surface area contributed by atoms with E-state index >= 15 is 0 Å². The van der Waals surface area contributed by atoms with Gasteiger partial charge in [-0.05, 0) is 0 Å². The molecule has 0 spiro atoms. The fourth-order valence-corrected chi connectivity index (χ4v) is 0.572. The molecular formula is C10H14O6Ti. The third-order valence-electron chi connectivity index (χ3n) is 1.47. The van der Waals surface area contributed by atoms with Gasteiger partial charge in [0.05, 0.1) is 0 Å². The van der Waals surface area contributed by atoms with Gasteiger partial charge in [-0.2, -0.15) is 0 Å². The van der Waals surface area contributed by atoms with Crippen LogP contribution in [0.15, 0.2) is 0 Å². The van der Waals surface area contributed by atoms with Gasteiger partial charge >= 0.3 is 21.7 Å². The third kappa shape index (κ3) is 20.9. The molecule has 0 aromatic heterocycles. The van der Waals surface area contributed by atoms with Gasteiger partial charge in [0, 0.05) is 37.6 Å². The van der Waals surface area contributed by atoms with Gasteiger partial charge in [-0.1, -0.05) is 13.8 Å². The van der Waals surface area contributed by atoms with Gasteiger partial charge in [-0.3, -0.25) is 9.59 Å². The van der Waals surface area contributed by atoms with Crippen LogP contribution >= 0.6 is 0 Å². The van der Waals surface area contributed by atoms with Crippen molar-refractivity contribution in [3.05, 3.63) is 0 Å². The maximum Gasteiger partial charge on any atom is 2.00 e. The number of ketones is 2. The van der Waals surface area contributed by atoms with Gasteiger partial charge in [0.15, 0.2) is 0 Å². The SMILES string of the molecule is CCC(=O)CC(=O)[O-].CCC(=O)CC(=O)[O-].[Ti+2]. The molecular weight excluding hydrogens is 264 g/mol. The Morgan fingerprint density at radius 3 is 1.06 bits per heavy atom. The summed E-state index contributed by atoms with van der Waals surface area (Å²) in [5, 5.41) is 19.3. The van der Waals surface area contributed by atoms with E-state index in [1.807, 2.05) is 0 Å². The number of aliphatic carboxylic acids is 2. The third-order valence-corrected chi connectivity index (χ3v) is 1.47. The Labute approximate surface area is 114 Å². The number of carboxylic acids is 2. The second-order valence-electron chi connectivity index (χ2n) is 2.88. The van der Waals surface area contributed by atoms with E-state index in [-0.39, 0.29) is 46.1 Å². The van der Waals surface area contributed by atoms with Crippen molar-refractivity contribution in [2.75, 3.05) is 0 Å². The molecule has 7 heteroatoms. The van der Waals surface area contributed by atoms with Crippen molar-refractivity contribution in [3.63, 3.8) is 0 Å². The van der Waals surface area contributed by atoms with Crippen molar-refractivity contribution < 1.29 is 51.1 Å². The van der Waals surface area contributed by atoms with Crippen LogP contribution in [0, 0.1) is 0 Å². The second kappa shape index (κ2) is 13.1. The van der Waals surface area contributed by atoms with E-state index in [0.29, 0.717) is 0 Å². The summed E-state index contributed by atoms with van der Waals surface area (Å²) < 4.78 is 0. The van der Waals surface area contributed by atoms with E-state index in [2.05, 4.69) is 0 Å². The van der Waals surface area contributed by atoms with Crippen molar-refractivity contribution in [3.8, 4) is 0 Å². The average Bonchev–Trinajstić information content (AvgIpc) is 2.16. The molecule has 0 aliphatic heterocycles. The predicted octanol–water partition coefficient (Wildman–Crippen LogP) is -1.79. The molecule has 0 aliphatic carbocycles. The minimum atomic E-state index is -1.29.